The molecule has 0 bridgehead atoms. The number of rotatable bonds is 9. The topological polar surface area (TPSA) is 66.8 Å². The van der Waals surface area contributed by atoms with Crippen LogP contribution in [0.2, 0.25) is 0 Å². The predicted molar refractivity (Wildman–Crippen MR) is 76.6 cm³/mol. The molecular weight excluding hydrogens is 258 g/mol. The Morgan fingerprint density at radius 3 is 2.60 bits per heavy atom. The number of carbonyl (C=O) groups excluding carboxylic acids is 1. The summed E-state index contributed by atoms with van der Waals surface area (Å²) in [6.07, 6.45) is 7.40. The molecule has 1 unspecified atom stereocenters. The van der Waals surface area contributed by atoms with E-state index in [0.717, 1.165) is 12.8 Å². The fourth-order valence-electron chi connectivity index (χ4n) is 2.55. The number of amides is 1. The van der Waals surface area contributed by atoms with Crippen LogP contribution in [0.3, 0.4) is 0 Å². The molecule has 0 aromatic heterocycles. The lowest BCUT2D eigenvalue weighted by molar-refractivity contribution is -0.146. The molecule has 0 spiro atoms. The standard InChI is InChI=1S/C15H27NO4/c1-2-3-4-5-6-7-8-14(17)16-9-10-20-12-13(16)11-15(18)19/h13H,2-12H2,1H3,(H,18,19). The molecule has 1 atom stereocenters. The summed E-state index contributed by atoms with van der Waals surface area (Å²) in [6.45, 7) is 3.56. The Kier molecular flexibility index (Phi) is 8.26. The smallest absolute Gasteiger partial charge is 0.305 e. The summed E-state index contributed by atoms with van der Waals surface area (Å²) in [5.74, 6) is -0.798. The van der Waals surface area contributed by atoms with E-state index in [-0.39, 0.29) is 18.4 Å². The minimum atomic E-state index is -0.877. The summed E-state index contributed by atoms with van der Waals surface area (Å²) in [6, 6.07) is -0.297. The molecule has 1 fully saturated rings. The van der Waals surface area contributed by atoms with Gasteiger partial charge >= 0.3 is 5.97 Å². The Hall–Kier alpha value is -1.10. The van der Waals surface area contributed by atoms with Crippen molar-refractivity contribution in [1.82, 2.24) is 4.90 Å². The van der Waals surface area contributed by atoms with Gasteiger partial charge in [-0.05, 0) is 6.42 Å². The van der Waals surface area contributed by atoms with Gasteiger partial charge in [0.05, 0.1) is 25.7 Å². The summed E-state index contributed by atoms with van der Waals surface area (Å²) in [4.78, 5) is 24.7. The second kappa shape index (κ2) is 9.75. The normalized spacial score (nSPS) is 19.1. The number of ether oxygens (including phenoxy) is 1. The van der Waals surface area contributed by atoms with Crippen molar-refractivity contribution in [2.45, 2.75) is 64.3 Å². The number of unbranched alkanes of at least 4 members (excludes halogenated alkanes) is 5. The number of carbonyl (C=O) groups is 2. The summed E-state index contributed by atoms with van der Waals surface area (Å²) in [7, 11) is 0. The molecule has 5 nitrogen and oxygen atoms in total. The minimum absolute atomic E-state index is 0.0256. The van der Waals surface area contributed by atoms with E-state index in [9.17, 15) is 9.59 Å². The molecule has 5 heteroatoms. The highest BCUT2D eigenvalue weighted by Gasteiger charge is 2.28. The van der Waals surface area contributed by atoms with Crippen LogP contribution in [0.5, 0.6) is 0 Å². The molecule has 0 aromatic carbocycles. The van der Waals surface area contributed by atoms with Crippen molar-refractivity contribution in [1.29, 1.82) is 0 Å². The second-order valence-corrected chi connectivity index (χ2v) is 5.43. The average molecular weight is 285 g/mol. The zero-order valence-electron chi connectivity index (χ0n) is 12.5. The van der Waals surface area contributed by atoms with Gasteiger partial charge in [0.25, 0.3) is 0 Å². The van der Waals surface area contributed by atoms with Gasteiger partial charge in [0.1, 0.15) is 0 Å². The van der Waals surface area contributed by atoms with Gasteiger partial charge in [0.15, 0.2) is 0 Å². The van der Waals surface area contributed by atoms with E-state index in [0.29, 0.717) is 26.2 Å². The van der Waals surface area contributed by atoms with Gasteiger partial charge in [-0.2, -0.15) is 0 Å². The first-order valence-electron chi connectivity index (χ1n) is 7.74. The van der Waals surface area contributed by atoms with Crippen LogP contribution >= 0.6 is 0 Å². The molecular formula is C15H27NO4. The third-order valence-electron chi connectivity index (χ3n) is 3.70. The zero-order valence-corrected chi connectivity index (χ0v) is 12.5. The molecule has 1 N–H and O–H groups in total. The number of hydrogen-bond donors (Lipinski definition) is 1. The van der Waals surface area contributed by atoms with Crippen molar-refractivity contribution in [3.05, 3.63) is 0 Å². The maximum atomic E-state index is 12.2. The minimum Gasteiger partial charge on any atom is -0.481 e. The van der Waals surface area contributed by atoms with E-state index in [4.69, 9.17) is 9.84 Å². The summed E-state index contributed by atoms with van der Waals surface area (Å²) in [5.41, 5.74) is 0. The van der Waals surface area contributed by atoms with Crippen LogP contribution in [0.1, 0.15) is 58.3 Å². The molecule has 1 aliphatic rings. The van der Waals surface area contributed by atoms with Crippen LogP contribution in [-0.2, 0) is 14.3 Å². The van der Waals surface area contributed by atoms with Gasteiger partial charge < -0.3 is 14.7 Å². The lowest BCUT2D eigenvalue weighted by atomic mass is 10.1. The van der Waals surface area contributed by atoms with Crippen LogP contribution in [0, 0.1) is 0 Å². The lowest BCUT2D eigenvalue weighted by Gasteiger charge is -2.35. The van der Waals surface area contributed by atoms with Crippen molar-refractivity contribution in [2.24, 2.45) is 0 Å². The largest absolute Gasteiger partial charge is 0.481 e. The number of carboxylic acid groups (broad SMARTS) is 1. The highest BCUT2D eigenvalue weighted by Crippen LogP contribution is 2.14. The average Bonchev–Trinajstić information content (AvgIpc) is 2.42. The molecule has 0 aliphatic carbocycles. The summed E-state index contributed by atoms with van der Waals surface area (Å²) >= 11 is 0. The van der Waals surface area contributed by atoms with Crippen LogP contribution in [0.4, 0.5) is 0 Å². The first kappa shape index (κ1) is 17.0. The molecule has 1 rings (SSSR count). The lowest BCUT2D eigenvalue weighted by Crippen LogP contribution is -2.49. The third kappa shape index (κ3) is 6.37. The molecule has 20 heavy (non-hydrogen) atoms. The van der Waals surface area contributed by atoms with Crippen molar-refractivity contribution >= 4 is 11.9 Å². The monoisotopic (exact) mass is 285 g/mol. The summed E-state index contributed by atoms with van der Waals surface area (Å²) < 4.78 is 5.28. The first-order valence-corrected chi connectivity index (χ1v) is 7.74. The highest BCUT2D eigenvalue weighted by atomic mass is 16.5. The fourth-order valence-corrected chi connectivity index (χ4v) is 2.55. The number of nitrogens with zero attached hydrogens (tertiary/aromatic N) is 1. The Bertz CT molecular complexity index is 306. The molecule has 0 saturated carbocycles. The zero-order chi connectivity index (χ0) is 14.8. The SMILES string of the molecule is CCCCCCCCC(=O)N1CCOCC1CC(=O)O. The predicted octanol–water partition coefficient (Wildman–Crippen LogP) is 2.44. The third-order valence-corrected chi connectivity index (χ3v) is 3.70. The van der Waals surface area contributed by atoms with E-state index in [1.807, 2.05) is 0 Å². The Morgan fingerprint density at radius 1 is 1.20 bits per heavy atom. The van der Waals surface area contributed by atoms with E-state index >= 15 is 0 Å². The molecule has 0 radical (unpaired) electrons. The van der Waals surface area contributed by atoms with Crippen molar-refractivity contribution in [3.8, 4) is 0 Å². The van der Waals surface area contributed by atoms with Crippen molar-refractivity contribution in [3.63, 3.8) is 0 Å². The second-order valence-electron chi connectivity index (χ2n) is 5.43. The molecule has 0 aromatic rings. The van der Waals surface area contributed by atoms with Crippen LogP contribution in [0.25, 0.3) is 0 Å². The van der Waals surface area contributed by atoms with E-state index in [2.05, 4.69) is 6.92 Å². The Morgan fingerprint density at radius 2 is 1.90 bits per heavy atom. The summed E-state index contributed by atoms with van der Waals surface area (Å²) in [5, 5.41) is 8.87. The van der Waals surface area contributed by atoms with Crippen molar-refractivity contribution in [2.75, 3.05) is 19.8 Å². The van der Waals surface area contributed by atoms with Gasteiger partial charge in [-0.15, -0.1) is 0 Å². The van der Waals surface area contributed by atoms with Gasteiger partial charge in [0, 0.05) is 13.0 Å². The Labute approximate surface area is 121 Å². The van der Waals surface area contributed by atoms with Gasteiger partial charge in [-0.25, -0.2) is 0 Å². The first-order chi connectivity index (χ1) is 9.65. The number of morpholine rings is 1. The van der Waals surface area contributed by atoms with E-state index < -0.39 is 5.97 Å². The molecule has 1 amide bonds. The van der Waals surface area contributed by atoms with E-state index in [1.54, 1.807) is 4.90 Å². The maximum Gasteiger partial charge on any atom is 0.305 e. The van der Waals surface area contributed by atoms with Crippen molar-refractivity contribution < 1.29 is 19.4 Å². The number of aliphatic carboxylic acids is 1. The number of carboxylic acids is 1. The van der Waals surface area contributed by atoms with Crippen LogP contribution in [0.15, 0.2) is 0 Å². The number of hydrogen-bond acceptors (Lipinski definition) is 3. The van der Waals surface area contributed by atoms with Gasteiger partial charge in [-0.1, -0.05) is 39.0 Å². The molecule has 116 valence electrons. The quantitative estimate of drug-likeness (QED) is 0.661. The molecule has 1 aliphatic heterocycles. The fraction of sp³-hybridized carbons (Fsp3) is 0.867. The molecule has 1 saturated heterocycles. The van der Waals surface area contributed by atoms with Gasteiger partial charge in [0.2, 0.25) is 5.91 Å². The highest BCUT2D eigenvalue weighted by molar-refractivity contribution is 5.77. The van der Waals surface area contributed by atoms with Gasteiger partial charge in [-0.3, -0.25) is 9.59 Å². The van der Waals surface area contributed by atoms with Crippen LogP contribution in [-0.4, -0.2) is 47.7 Å². The van der Waals surface area contributed by atoms with Crippen LogP contribution < -0.4 is 0 Å². The maximum absolute atomic E-state index is 12.2. The Balaban J connectivity index is 2.26. The molecule has 1 heterocycles. The van der Waals surface area contributed by atoms with E-state index in [1.165, 1.54) is 25.7 Å².